The highest BCUT2D eigenvalue weighted by molar-refractivity contribution is 6.30. The van der Waals surface area contributed by atoms with Crippen LogP contribution in [0.2, 0.25) is 5.02 Å². The number of benzene rings is 2. The van der Waals surface area contributed by atoms with Crippen molar-refractivity contribution in [2.75, 3.05) is 51.8 Å². The minimum atomic E-state index is -1.15. The highest BCUT2D eigenvalue weighted by atomic mass is 35.5. The predicted molar refractivity (Wildman–Crippen MR) is 170 cm³/mol. The van der Waals surface area contributed by atoms with Gasteiger partial charge in [-0.15, -0.1) is 0 Å². The molecule has 4 heterocycles. The fraction of sp³-hybridized carbons (Fsp3) is 0.419. The summed E-state index contributed by atoms with van der Waals surface area (Å²) in [6.07, 6.45) is -0.262. The summed E-state index contributed by atoms with van der Waals surface area (Å²) in [5, 5.41) is 17.1. The molecule has 2 aromatic heterocycles. The van der Waals surface area contributed by atoms with Crippen LogP contribution in [0.15, 0.2) is 55.1 Å². The van der Waals surface area contributed by atoms with Gasteiger partial charge in [0.25, 0.3) is 5.91 Å². The molecular weight excluding hydrogens is 616 g/mol. The third-order valence-electron chi connectivity index (χ3n) is 8.00. The molecule has 244 valence electrons. The lowest BCUT2D eigenvalue weighted by atomic mass is 10.1. The number of likely N-dealkylation sites (N-methyl/N-ethyl adjacent to an activating group) is 1. The average molecular weight is 653 g/mol. The van der Waals surface area contributed by atoms with Crippen LogP contribution in [-0.2, 0) is 27.4 Å². The number of aliphatic hydroxyl groups is 1. The van der Waals surface area contributed by atoms with E-state index >= 15 is 0 Å². The Kier molecular flexibility index (Phi) is 10.1. The molecule has 5 N–H and O–H groups in total. The minimum absolute atomic E-state index is 0.325. The molecule has 0 spiro atoms. The van der Waals surface area contributed by atoms with Gasteiger partial charge < -0.3 is 40.4 Å². The molecule has 46 heavy (non-hydrogen) atoms. The average Bonchev–Trinajstić information content (AvgIpc) is 3.64. The number of amides is 1. The predicted octanol–water partition coefficient (Wildman–Crippen LogP) is 1.71. The molecular formula is C31H37ClN8O6. The first-order valence-corrected chi connectivity index (χ1v) is 15.4. The number of carbonyl (C=O) groups excluding carboxylic acids is 1. The molecule has 2 aliphatic rings. The first-order valence-electron chi connectivity index (χ1n) is 15.1. The number of fused-ring (bicyclic) bond motifs is 1. The number of aromatic nitrogens is 4. The van der Waals surface area contributed by atoms with Gasteiger partial charge in [-0.2, -0.15) is 0 Å². The van der Waals surface area contributed by atoms with Gasteiger partial charge >= 0.3 is 0 Å². The number of imidazole rings is 1. The normalized spacial score (nSPS) is 21.7. The molecule has 0 saturated carbocycles. The Morgan fingerprint density at radius 2 is 2.00 bits per heavy atom. The van der Waals surface area contributed by atoms with Gasteiger partial charge in [0.1, 0.15) is 37.1 Å². The van der Waals surface area contributed by atoms with E-state index in [4.69, 9.17) is 36.3 Å². The van der Waals surface area contributed by atoms with E-state index < -0.39 is 30.4 Å². The van der Waals surface area contributed by atoms with Crippen LogP contribution in [0.5, 0.6) is 11.5 Å². The van der Waals surface area contributed by atoms with Crippen LogP contribution in [0.1, 0.15) is 17.4 Å². The van der Waals surface area contributed by atoms with Gasteiger partial charge in [-0.3, -0.25) is 14.3 Å². The number of anilines is 1. The van der Waals surface area contributed by atoms with Crippen molar-refractivity contribution in [3.63, 3.8) is 0 Å². The lowest BCUT2D eigenvalue weighted by Crippen LogP contribution is -2.46. The highest BCUT2D eigenvalue weighted by Crippen LogP contribution is 2.32. The zero-order chi connectivity index (χ0) is 32.0. The highest BCUT2D eigenvalue weighted by Gasteiger charge is 2.46. The van der Waals surface area contributed by atoms with Crippen molar-refractivity contribution >= 4 is 34.5 Å². The Labute approximate surface area is 270 Å². The first kappa shape index (κ1) is 31.9. The third-order valence-corrected chi connectivity index (χ3v) is 8.24. The number of nitrogens with two attached hydrogens (primary N) is 1. The van der Waals surface area contributed by atoms with Crippen LogP contribution in [0, 0.1) is 0 Å². The van der Waals surface area contributed by atoms with E-state index in [-0.39, 0.29) is 0 Å². The minimum Gasteiger partial charge on any atom is -0.492 e. The standard InChI is InChI=1S/C31H37ClN8O6/c1-34-30(42)27-24(33)26(41)31(46-27)40-18-38-25-28(36-17-37-29(25)40)35-15-20-14-21(32)5-6-23(20)45-16-19-3-2-4-22(13-19)44-12-9-39-7-10-43-11-8-39/h2-6,13-14,17-18,24,26-27,31,41H,7-12,15-16,33H2,1H3,(H,34,42)(H,35,36,37)/t24-,26+,27-,31+/m0/s1. The van der Waals surface area contributed by atoms with E-state index in [1.54, 1.807) is 10.6 Å². The molecule has 2 aromatic carbocycles. The lowest BCUT2D eigenvalue weighted by molar-refractivity contribution is -0.134. The number of hydrogen-bond donors (Lipinski definition) is 4. The molecule has 0 unspecified atom stereocenters. The monoisotopic (exact) mass is 652 g/mol. The second-order valence-corrected chi connectivity index (χ2v) is 11.5. The van der Waals surface area contributed by atoms with Gasteiger partial charge in [-0.1, -0.05) is 23.7 Å². The summed E-state index contributed by atoms with van der Waals surface area (Å²) < 4.78 is 25.0. The first-order chi connectivity index (χ1) is 22.4. The maximum Gasteiger partial charge on any atom is 0.250 e. The van der Waals surface area contributed by atoms with E-state index in [0.717, 1.165) is 49.7 Å². The van der Waals surface area contributed by atoms with Crippen LogP contribution in [0.4, 0.5) is 5.82 Å². The molecule has 2 fully saturated rings. The number of hydrogen-bond acceptors (Lipinski definition) is 12. The van der Waals surface area contributed by atoms with Gasteiger partial charge in [0.05, 0.1) is 25.6 Å². The third kappa shape index (κ3) is 7.17. The quantitative estimate of drug-likeness (QED) is 0.175. The molecule has 14 nitrogen and oxygen atoms in total. The largest absolute Gasteiger partial charge is 0.492 e. The number of ether oxygens (including phenoxy) is 4. The molecule has 4 atom stereocenters. The van der Waals surface area contributed by atoms with Gasteiger partial charge in [0.15, 0.2) is 29.3 Å². The maximum absolute atomic E-state index is 12.2. The number of morpholine rings is 1. The Bertz CT molecular complexity index is 1650. The summed E-state index contributed by atoms with van der Waals surface area (Å²) in [6.45, 7) is 5.50. The molecule has 1 amide bonds. The van der Waals surface area contributed by atoms with Crippen LogP contribution >= 0.6 is 11.6 Å². The van der Waals surface area contributed by atoms with Gasteiger partial charge in [0, 0.05) is 43.8 Å². The second kappa shape index (κ2) is 14.6. The summed E-state index contributed by atoms with van der Waals surface area (Å²) >= 11 is 6.35. The number of nitrogens with one attached hydrogen (secondary N) is 2. The van der Waals surface area contributed by atoms with Crippen molar-refractivity contribution in [2.24, 2.45) is 5.73 Å². The van der Waals surface area contributed by atoms with Gasteiger partial charge in [-0.25, -0.2) is 15.0 Å². The Hall–Kier alpha value is -4.05. The SMILES string of the molecule is CNC(=O)[C@H]1O[C@@H](n2cnc3c(NCc4cc(Cl)ccc4OCc4cccc(OCCN5CCOCC5)c4)ncnc32)[C@H](O)[C@@H]1N. The van der Waals surface area contributed by atoms with Gasteiger partial charge in [0.2, 0.25) is 0 Å². The van der Waals surface area contributed by atoms with E-state index in [1.165, 1.54) is 19.7 Å². The van der Waals surface area contributed by atoms with Crippen molar-refractivity contribution in [1.29, 1.82) is 0 Å². The molecule has 2 saturated heterocycles. The molecule has 0 bridgehead atoms. The smallest absolute Gasteiger partial charge is 0.250 e. The molecule has 0 radical (unpaired) electrons. The number of nitrogens with zero attached hydrogens (tertiary/aromatic N) is 5. The van der Waals surface area contributed by atoms with Crippen LogP contribution in [-0.4, -0.2) is 100 Å². The Balaban J connectivity index is 1.10. The van der Waals surface area contributed by atoms with Crippen molar-refractivity contribution in [1.82, 2.24) is 29.7 Å². The summed E-state index contributed by atoms with van der Waals surface area (Å²) in [4.78, 5) is 27.7. The lowest BCUT2D eigenvalue weighted by Gasteiger charge is -2.26. The number of halogens is 1. The van der Waals surface area contributed by atoms with Crippen molar-refractivity contribution in [2.45, 2.75) is 37.6 Å². The van der Waals surface area contributed by atoms with Crippen LogP contribution in [0.25, 0.3) is 11.2 Å². The van der Waals surface area contributed by atoms with E-state index in [1.807, 2.05) is 36.4 Å². The van der Waals surface area contributed by atoms with Gasteiger partial charge in [-0.05, 0) is 35.9 Å². The second-order valence-electron chi connectivity index (χ2n) is 11.0. The van der Waals surface area contributed by atoms with E-state index in [2.05, 4.69) is 30.5 Å². The summed E-state index contributed by atoms with van der Waals surface area (Å²) in [7, 11) is 1.48. The summed E-state index contributed by atoms with van der Waals surface area (Å²) in [5.41, 5.74) is 8.70. The fourth-order valence-electron chi connectivity index (χ4n) is 5.48. The summed E-state index contributed by atoms with van der Waals surface area (Å²) in [5.74, 6) is 1.48. The Morgan fingerprint density at radius 3 is 2.83 bits per heavy atom. The zero-order valence-corrected chi connectivity index (χ0v) is 26.1. The summed E-state index contributed by atoms with van der Waals surface area (Å²) in [6, 6.07) is 12.4. The molecule has 0 aliphatic carbocycles. The zero-order valence-electron chi connectivity index (χ0n) is 25.3. The van der Waals surface area contributed by atoms with E-state index in [9.17, 15) is 9.90 Å². The maximum atomic E-state index is 12.2. The topological polar surface area (TPSA) is 171 Å². The fourth-order valence-corrected chi connectivity index (χ4v) is 5.67. The number of aliphatic hydroxyl groups excluding tert-OH is 1. The number of rotatable bonds is 12. The molecule has 2 aliphatic heterocycles. The molecule has 4 aromatic rings. The van der Waals surface area contributed by atoms with Crippen LogP contribution < -0.4 is 25.8 Å². The Morgan fingerprint density at radius 1 is 1.15 bits per heavy atom. The van der Waals surface area contributed by atoms with E-state index in [0.29, 0.717) is 47.5 Å². The van der Waals surface area contributed by atoms with Crippen LogP contribution in [0.3, 0.4) is 0 Å². The van der Waals surface area contributed by atoms with Crippen molar-refractivity contribution in [3.05, 3.63) is 71.3 Å². The number of carbonyl (C=O) groups is 1. The van der Waals surface area contributed by atoms with Crippen molar-refractivity contribution < 1.29 is 28.8 Å². The van der Waals surface area contributed by atoms with Crippen molar-refractivity contribution in [3.8, 4) is 11.5 Å². The molecule has 15 heteroatoms. The molecule has 6 rings (SSSR count).